The summed E-state index contributed by atoms with van der Waals surface area (Å²) < 4.78 is 11.2. The van der Waals surface area contributed by atoms with Crippen molar-refractivity contribution in [1.82, 2.24) is 0 Å². The topological polar surface area (TPSA) is 114 Å². The fourth-order valence-corrected chi connectivity index (χ4v) is 3.60. The van der Waals surface area contributed by atoms with Crippen molar-refractivity contribution in [2.45, 2.75) is 6.61 Å². The number of hydrogen-bond donors (Lipinski definition) is 1. The Bertz CT molecular complexity index is 1370. The number of nitro groups is 1. The predicted octanol–water partition coefficient (Wildman–Crippen LogP) is 6.69. The van der Waals surface area contributed by atoms with Crippen molar-refractivity contribution in [3.63, 3.8) is 0 Å². The molecule has 3 rings (SSSR count). The molecule has 0 bridgehead atoms. The van der Waals surface area contributed by atoms with Gasteiger partial charge in [-0.25, -0.2) is 0 Å². The summed E-state index contributed by atoms with van der Waals surface area (Å²) in [5.41, 5.74) is 0.918. The third kappa shape index (κ3) is 6.64. The summed E-state index contributed by atoms with van der Waals surface area (Å²) in [5, 5.41) is 23.7. The average Bonchev–Trinajstić information content (AvgIpc) is 2.83. The molecule has 11 heteroatoms. The van der Waals surface area contributed by atoms with Crippen LogP contribution in [-0.2, 0) is 11.4 Å². The predicted molar refractivity (Wildman–Crippen MR) is 134 cm³/mol. The van der Waals surface area contributed by atoms with Crippen LogP contribution in [0.4, 0.5) is 11.4 Å². The van der Waals surface area contributed by atoms with E-state index in [1.807, 2.05) is 6.07 Å². The third-order valence-corrected chi connectivity index (χ3v) is 5.57. The van der Waals surface area contributed by atoms with Gasteiger partial charge in [0.1, 0.15) is 18.2 Å². The van der Waals surface area contributed by atoms with E-state index in [1.54, 1.807) is 36.4 Å². The van der Waals surface area contributed by atoms with Crippen LogP contribution in [0.1, 0.15) is 11.1 Å². The van der Waals surface area contributed by atoms with Crippen LogP contribution in [0.15, 0.2) is 60.2 Å². The summed E-state index contributed by atoms with van der Waals surface area (Å²) >= 11 is 18.1. The van der Waals surface area contributed by atoms with Gasteiger partial charge in [0.15, 0.2) is 11.5 Å². The van der Waals surface area contributed by atoms with Gasteiger partial charge in [0.05, 0.1) is 22.7 Å². The Morgan fingerprint density at radius 2 is 1.86 bits per heavy atom. The first-order chi connectivity index (χ1) is 16.7. The quantitative estimate of drug-likeness (QED) is 0.150. The number of benzene rings is 3. The molecule has 0 unspecified atom stereocenters. The third-order valence-electron chi connectivity index (χ3n) is 4.67. The molecule has 3 aromatic rings. The molecule has 3 aromatic carbocycles. The number of halogens is 3. The van der Waals surface area contributed by atoms with E-state index in [9.17, 15) is 20.2 Å². The smallest absolute Gasteiger partial charge is 0.271 e. The second kappa shape index (κ2) is 11.6. The van der Waals surface area contributed by atoms with Crippen molar-refractivity contribution in [1.29, 1.82) is 5.26 Å². The van der Waals surface area contributed by atoms with Crippen molar-refractivity contribution in [3.8, 4) is 17.6 Å². The van der Waals surface area contributed by atoms with E-state index in [1.165, 1.54) is 25.3 Å². The Hall–Kier alpha value is -3.77. The molecular formula is C24H16Cl3N3O5. The van der Waals surface area contributed by atoms with E-state index < -0.39 is 10.8 Å². The van der Waals surface area contributed by atoms with Gasteiger partial charge in [0.2, 0.25) is 0 Å². The number of anilines is 1. The van der Waals surface area contributed by atoms with Gasteiger partial charge in [-0.2, -0.15) is 5.26 Å². The van der Waals surface area contributed by atoms with Gasteiger partial charge in [-0.15, -0.1) is 0 Å². The van der Waals surface area contributed by atoms with Crippen molar-refractivity contribution in [3.05, 3.63) is 96.5 Å². The number of nitriles is 1. The fourth-order valence-electron chi connectivity index (χ4n) is 2.91. The van der Waals surface area contributed by atoms with Crippen molar-refractivity contribution >= 4 is 58.2 Å². The molecule has 0 heterocycles. The zero-order chi connectivity index (χ0) is 25.5. The number of carbonyl (C=O) groups is 1. The first-order valence-electron chi connectivity index (χ1n) is 9.83. The number of carbonyl (C=O) groups excluding carboxylic acids is 1. The lowest BCUT2D eigenvalue weighted by Crippen LogP contribution is -2.13. The van der Waals surface area contributed by atoms with Crippen LogP contribution >= 0.6 is 34.8 Å². The molecule has 0 fully saturated rings. The summed E-state index contributed by atoms with van der Waals surface area (Å²) in [7, 11) is 1.46. The van der Waals surface area contributed by atoms with Crippen LogP contribution < -0.4 is 14.8 Å². The molecule has 0 aromatic heterocycles. The Morgan fingerprint density at radius 1 is 1.09 bits per heavy atom. The van der Waals surface area contributed by atoms with Crippen LogP contribution in [0.3, 0.4) is 0 Å². The number of methoxy groups -OCH3 is 1. The highest BCUT2D eigenvalue weighted by atomic mass is 35.5. The number of nitrogens with one attached hydrogen (secondary N) is 1. The molecule has 0 spiro atoms. The lowest BCUT2D eigenvalue weighted by molar-refractivity contribution is -0.384. The number of rotatable bonds is 8. The minimum absolute atomic E-state index is 0.0335. The van der Waals surface area contributed by atoms with Gasteiger partial charge in [-0.05, 0) is 42.0 Å². The summed E-state index contributed by atoms with van der Waals surface area (Å²) in [6, 6.07) is 15.4. The molecule has 0 saturated heterocycles. The normalized spacial score (nSPS) is 10.9. The number of ether oxygens (including phenoxy) is 2. The molecule has 1 amide bonds. The highest BCUT2D eigenvalue weighted by Gasteiger charge is 2.15. The molecule has 8 nitrogen and oxygen atoms in total. The van der Waals surface area contributed by atoms with E-state index in [4.69, 9.17) is 44.3 Å². The fraction of sp³-hybridized carbons (Fsp3) is 0.0833. The molecule has 0 atom stereocenters. The zero-order valence-corrected chi connectivity index (χ0v) is 20.3. The van der Waals surface area contributed by atoms with Crippen molar-refractivity contribution in [2.24, 2.45) is 0 Å². The number of nitrogens with zero attached hydrogens (tertiary/aromatic N) is 2. The van der Waals surface area contributed by atoms with E-state index in [0.717, 1.165) is 11.6 Å². The molecule has 35 heavy (non-hydrogen) atoms. The van der Waals surface area contributed by atoms with Crippen LogP contribution in [0.5, 0.6) is 11.5 Å². The monoisotopic (exact) mass is 531 g/mol. The summed E-state index contributed by atoms with van der Waals surface area (Å²) in [6.07, 6.45) is 1.36. The van der Waals surface area contributed by atoms with Crippen LogP contribution in [-0.4, -0.2) is 17.9 Å². The summed E-state index contributed by atoms with van der Waals surface area (Å²) in [6.45, 7) is 0.170. The minimum Gasteiger partial charge on any atom is -0.493 e. The van der Waals surface area contributed by atoms with E-state index in [0.29, 0.717) is 27.1 Å². The Balaban J connectivity index is 1.77. The van der Waals surface area contributed by atoms with Gasteiger partial charge in [-0.3, -0.25) is 14.9 Å². The highest BCUT2D eigenvalue weighted by Crippen LogP contribution is 2.31. The van der Waals surface area contributed by atoms with E-state index in [2.05, 4.69) is 5.32 Å². The Labute approximate surface area is 215 Å². The molecule has 0 aliphatic carbocycles. The van der Waals surface area contributed by atoms with Crippen molar-refractivity contribution in [2.75, 3.05) is 12.4 Å². The average molecular weight is 533 g/mol. The number of non-ortho nitro benzene ring substituents is 1. The molecular weight excluding hydrogens is 517 g/mol. The second-order valence-corrected chi connectivity index (χ2v) is 8.23. The van der Waals surface area contributed by atoms with Crippen LogP contribution in [0, 0.1) is 21.4 Å². The lowest BCUT2D eigenvalue weighted by Gasteiger charge is -2.12. The van der Waals surface area contributed by atoms with Gasteiger partial charge in [0.25, 0.3) is 11.6 Å². The molecule has 1 N–H and O–H groups in total. The Kier molecular flexibility index (Phi) is 8.55. The van der Waals surface area contributed by atoms with Gasteiger partial charge >= 0.3 is 0 Å². The first-order valence-corrected chi connectivity index (χ1v) is 11.0. The minimum atomic E-state index is -0.736. The summed E-state index contributed by atoms with van der Waals surface area (Å²) in [4.78, 5) is 22.8. The van der Waals surface area contributed by atoms with Crippen LogP contribution in [0.2, 0.25) is 15.1 Å². The first kappa shape index (κ1) is 25.8. The molecule has 0 aliphatic heterocycles. The maximum absolute atomic E-state index is 12.6. The maximum atomic E-state index is 12.6. The standard InChI is InChI=1S/C24H16Cl3N3O5/c1-34-23-9-14(2-7-22(23)35-13-15-3-4-17(25)10-19(15)26)8-16(12-28)24(31)29-21-6-5-18(30(32)33)11-20(21)27/h2-11H,13H2,1H3,(H,29,31). The number of hydrogen-bond acceptors (Lipinski definition) is 6. The molecule has 0 radical (unpaired) electrons. The van der Waals surface area contributed by atoms with Crippen LogP contribution in [0.25, 0.3) is 6.08 Å². The van der Waals surface area contributed by atoms with Gasteiger partial charge in [-0.1, -0.05) is 46.9 Å². The second-order valence-electron chi connectivity index (χ2n) is 6.98. The van der Waals surface area contributed by atoms with E-state index in [-0.39, 0.29) is 28.6 Å². The maximum Gasteiger partial charge on any atom is 0.271 e. The van der Waals surface area contributed by atoms with Gasteiger partial charge < -0.3 is 14.8 Å². The number of amides is 1. The van der Waals surface area contributed by atoms with E-state index >= 15 is 0 Å². The summed E-state index contributed by atoms with van der Waals surface area (Å²) in [5.74, 6) is 0.0659. The molecule has 0 aliphatic rings. The molecule has 178 valence electrons. The molecule has 0 saturated carbocycles. The highest BCUT2D eigenvalue weighted by molar-refractivity contribution is 6.35. The Morgan fingerprint density at radius 3 is 2.49 bits per heavy atom. The largest absolute Gasteiger partial charge is 0.493 e. The zero-order valence-electron chi connectivity index (χ0n) is 18.1. The lowest BCUT2D eigenvalue weighted by atomic mass is 10.1. The SMILES string of the molecule is COc1cc(C=C(C#N)C(=O)Nc2ccc([N+](=O)[O-])cc2Cl)ccc1OCc1ccc(Cl)cc1Cl. The van der Waals surface area contributed by atoms with Gasteiger partial charge in [0, 0.05) is 27.7 Å². The number of nitro benzene ring substituents is 1. The van der Waals surface area contributed by atoms with Crippen molar-refractivity contribution < 1.29 is 19.2 Å².